The molecule has 1 aromatic carbocycles. The number of diazo groups is 1. The molecule has 0 spiro atoms. The maximum atomic E-state index is 12.4. The standard InChI is InChI=1S/C14H12N6O3/c15-18-13-11(14(21)19-7-1-2-8-19)16-12(17-13)9-3-5-10(6-4-9)20(22)23/h3-6H,1-2,7-8H2/p+1. The van der Waals surface area contributed by atoms with Crippen LogP contribution in [0.25, 0.3) is 16.4 Å². The van der Waals surface area contributed by atoms with Gasteiger partial charge in [-0.3, -0.25) is 14.9 Å². The number of carbonyl (C=O) groups is 1. The number of rotatable bonds is 3. The lowest BCUT2D eigenvalue weighted by Gasteiger charge is -2.12. The first kappa shape index (κ1) is 14.6. The summed E-state index contributed by atoms with van der Waals surface area (Å²) >= 11 is 0. The minimum Gasteiger partial charge on any atom is -0.337 e. The van der Waals surface area contributed by atoms with Crippen molar-refractivity contribution in [2.75, 3.05) is 13.1 Å². The minimum absolute atomic E-state index is 0.0410. The number of nitrogens with one attached hydrogen (secondary N) is 1. The number of carbonyl (C=O) groups excluding carboxylic acids is 1. The smallest absolute Gasteiger partial charge is 0.337 e. The van der Waals surface area contributed by atoms with Gasteiger partial charge in [-0.2, -0.15) is 0 Å². The summed E-state index contributed by atoms with van der Waals surface area (Å²) in [7, 11) is 0. The Hall–Kier alpha value is -3.28. The summed E-state index contributed by atoms with van der Waals surface area (Å²) < 4.78 is 0. The monoisotopic (exact) mass is 313 g/mol. The van der Waals surface area contributed by atoms with Crippen molar-refractivity contribution >= 4 is 17.4 Å². The van der Waals surface area contributed by atoms with Gasteiger partial charge < -0.3 is 9.88 Å². The van der Waals surface area contributed by atoms with Gasteiger partial charge in [-0.1, -0.05) is 0 Å². The first-order valence-corrected chi connectivity index (χ1v) is 7.09. The molecule has 0 bridgehead atoms. The Bertz CT molecular complexity index is 799. The lowest BCUT2D eigenvalue weighted by atomic mass is 10.2. The van der Waals surface area contributed by atoms with Gasteiger partial charge in [-0.25, -0.2) is 0 Å². The lowest BCUT2D eigenvalue weighted by Crippen LogP contribution is -2.27. The average molecular weight is 313 g/mol. The van der Waals surface area contributed by atoms with Crippen molar-refractivity contribution in [1.29, 1.82) is 5.39 Å². The summed E-state index contributed by atoms with van der Waals surface area (Å²) in [6.45, 7) is 1.32. The number of aromatic amines is 1. The molecule has 9 heteroatoms. The van der Waals surface area contributed by atoms with Crippen LogP contribution in [-0.4, -0.2) is 38.8 Å². The second kappa shape index (κ2) is 5.84. The van der Waals surface area contributed by atoms with Gasteiger partial charge in [0.15, 0.2) is 0 Å². The summed E-state index contributed by atoms with van der Waals surface area (Å²) in [6.07, 6.45) is 1.89. The third-order valence-electron chi connectivity index (χ3n) is 3.74. The summed E-state index contributed by atoms with van der Waals surface area (Å²) in [6, 6.07) is 5.72. The van der Waals surface area contributed by atoms with Crippen LogP contribution in [0.4, 0.5) is 11.5 Å². The second-order valence-electron chi connectivity index (χ2n) is 5.19. The number of aromatic nitrogens is 2. The highest BCUT2D eigenvalue weighted by molar-refractivity contribution is 5.98. The highest BCUT2D eigenvalue weighted by Crippen LogP contribution is 2.26. The molecule has 1 N–H and O–H groups in total. The molecule has 1 aromatic heterocycles. The van der Waals surface area contributed by atoms with Gasteiger partial charge in [0, 0.05) is 35.8 Å². The summed E-state index contributed by atoms with van der Waals surface area (Å²) in [5, 5.41) is 19.7. The van der Waals surface area contributed by atoms with E-state index >= 15 is 0 Å². The number of nitrogens with zero attached hydrogens (tertiary/aromatic N) is 5. The van der Waals surface area contributed by atoms with E-state index in [2.05, 4.69) is 14.9 Å². The van der Waals surface area contributed by atoms with Crippen LogP contribution in [0.2, 0.25) is 0 Å². The van der Waals surface area contributed by atoms with Crippen molar-refractivity contribution < 1.29 is 9.72 Å². The Kier molecular flexibility index (Phi) is 3.72. The predicted molar refractivity (Wildman–Crippen MR) is 80.6 cm³/mol. The van der Waals surface area contributed by atoms with Crippen molar-refractivity contribution in [2.45, 2.75) is 12.8 Å². The minimum atomic E-state index is -0.497. The van der Waals surface area contributed by atoms with E-state index in [9.17, 15) is 14.9 Å². The number of benzene rings is 1. The molecule has 3 rings (SSSR count). The molecule has 0 radical (unpaired) electrons. The molecule has 116 valence electrons. The average Bonchev–Trinajstić information content (AvgIpc) is 3.23. The number of H-pyrrole nitrogens is 1. The van der Waals surface area contributed by atoms with E-state index < -0.39 is 4.92 Å². The third kappa shape index (κ3) is 2.74. The maximum absolute atomic E-state index is 12.4. The molecule has 2 heterocycles. The Morgan fingerprint density at radius 2 is 1.96 bits per heavy atom. The zero-order valence-electron chi connectivity index (χ0n) is 12.1. The summed E-state index contributed by atoms with van der Waals surface area (Å²) in [5.41, 5.74) is 0.629. The zero-order valence-corrected chi connectivity index (χ0v) is 12.1. The number of hydrogen-bond acceptors (Lipinski definition) is 5. The molecule has 23 heavy (non-hydrogen) atoms. The molecular formula is C14H13N6O3+. The van der Waals surface area contributed by atoms with Gasteiger partial charge in [0.2, 0.25) is 5.69 Å². The van der Waals surface area contributed by atoms with Crippen LogP contribution in [0.5, 0.6) is 0 Å². The van der Waals surface area contributed by atoms with E-state index in [4.69, 9.17) is 5.39 Å². The second-order valence-corrected chi connectivity index (χ2v) is 5.19. The summed E-state index contributed by atoms with van der Waals surface area (Å²) in [5.74, 6) is -0.0403. The number of hydrogen-bond donors (Lipinski definition) is 1. The fourth-order valence-corrected chi connectivity index (χ4v) is 2.54. The van der Waals surface area contributed by atoms with Crippen molar-refractivity contribution in [3.8, 4) is 11.4 Å². The lowest BCUT2D eigenvalue weighted by molar-refractivity contribution is -0.384. The van der Waals surface area contributed by atoms with E-state index in [0.29, 0.717) is 24.5 Å². The molecule has 1 aliphatic rings. The Morgan fingerprint density at radius 3 is 2.52 bits per heavy atom. The van der Waals surface area contributed by atoms with Crippen molar-refractivity contribution in [3.63, 3.8) is 0 Å². The van der Waals surface area contributed by atoms with Crippen molar-refractivity contribution in [1.82, 2.24) is 14.9 Å². The Balaban J connectivity index is 1.93. The largest absolute Gasteiger partial charge is 0.496 e. The molecule has 0 unspecified atom stereocenters. The van der Waals surface area contributed by atoms with E-state index in [-0.39, 0.29) is 23.1 Å². The topological polar surface area (TPSA) is 120 Å². The molecule has 9 nitrogen and oxygen atoms in total. The number of amides is 1. The number of likely N-dealkylation sites (tertiary alicyclic amines) is 1. The molecule has 1 aliphatic heterocycles. The highest BCUT2D eigenvalue weighted by atomic mass is 16.6. The van der Waals surface area contributed by atoms with Gasteiger partial charge in [0.05, 0.1) is 10.3 Å². The van der Waals surface area contributed by atoms with Crippen molar-refractivity contribution in [2.24, 2.45) is 0 Å². The molecule has 0 saturated carbocycles. The molecule has 1 amide bonds. The van der Waals surface area contributed by atoms with Crippen LogP contribution in [0, 0.1) is 15.5 Å². The van der Waals surface area contributed by atoms with Crippen LogP contribution in [0.3, 0.4) is 0 Å². The van der Waals surface area contributed by atoms with Crippen LogP contribution in [0.1, 0.15) is 23.3 Å². The molecular weight excluding hydrogens is 300 g/mol. The van der Waals surface area contributed by atoms with E-state index in [1.807, 2.05) is 0 Å². The fraction of sp³-hybridized carbons (Fsp3) is 0.286. The first-order valence-electron chi connectivity index (χ1n) is 7.09. The van der Waals surface area contributed by atoms with Gasteiger partial charge in [0.1, 0.15) is 0 Å². The van der Waals surface area contributed by atoms with Crippen LogP contribution in [-0.2, 0) is 0 Å². The molecule has 2 aromatic rings. The third-order valence-corrected chi connectivity index (χ3v) is 3.74. The Morgan fingerprint density at radius 1 is 1.30 bits per heavy atom. The number of nitro benzene ring substituents is 1. The zero-order chi connectivity index (χ0) is 16.4. The van der Waals surface area contributed by atoms with Gasteiger partial charge >= 0.3 is 5.82 Å². The molecule has 1 fully saturated rings. The predicted octanol–water partition coefficient (Wildman–Crippen LogP) is 2.71. The first-order chi connectivity index (χ1) is 11.1. The van der Waals surface area contributed by atoms with Gasteiger partial charge in [-0.05, 0) is 30.0 Å². The molecule has 0 atom stereocenters. The maximum Gasteiger partial charge on any atom is 0.496 e. The fourth-order valence-electron chi connectivity index (χ4n) is 2.54. The van der Waals surface area contributed by atoms with Crippen LogP contribution in [0.15, 0.2) is 24.3 Å². The van der Waals surface area contributed by atoms with Crippen LogP contribution < -0.4 is 0 Å². The van der Waals surface area contributed by atoms with Gasteiger partial charge in [0.25, 0.3) is 17.4 Å². The van der Waals surface area contributed by atoms with E-state index in [0.717, 1.165) is 12.8 Å². The summed E-state index contributed by atoms with van der Waals surface area (Å²) in [4.78, 5) is 34.2. The molecule has 1 saturated heterocycles. The molecule has 0 aliphatic carbocycles. The van der Waals surface area contributed by atoms with E-state index in [1.165, 1.54) is 24.3 Å². The van der Waals surface area contributed by atoms with Gasteiger partial charge in [-0.15, -0.1) is 0 Å². The quantitative estimate of drug-likeness (QED) is 0.530. The van der Waals surface area contributed by atoms with E-state index in [1.54, 1.807) is 4.90 Å². The van der Waals surface area contributed by atoms with Crippen molar-refractivity contribution in [3.05, 3.63) is 45.0 Å². The Labute approximate surface area is 130 Å². The normalized spacial score (nSPS) is 13.8. The number of non-ortho nitro benzene ring substituents is 1. The number of nitro groups is 1. The highest BCUT2D eigenvalue weighted by Gasteiger charge is 2.32. The van der Waals surface area contributed by atoms with Crippen LogP contribution >= 0.6 is 0 Å². The SMILES string of the molecule is N#[N+]c1nc(-c2ccc([N+](=O)[O-])cc2)[nH]c1C(=O)N1CCCC1. The number of imidazole rings is 1.